The average molecular weight is 404 g/mol. The van der Waals surface area contributed by atoms with Gasteiger partial charge in [0.25, 0.3) is 5.91 Å². The third-order valence-electron chi connectivity index (χ3n) is 3.95. The number of pyridine rings is 1. The summed E-state index contributed by atoms with van der Waals surface area (Å²) in [5.41, 5.74) is 6.27. The minimum atomic E-state index is -0.657. The van der Waals surface area contributed by atoms with Crippen molar-refractivity contribution in [1.82, 2.24) is 4.98 Å². The molecule has 1 aliphatic rings. The fourth-order valence-corrected chi connectivity index (χ4v) is 2.89. The van der Waals surface area contributed by atoms with Crippen LogP contribution in [0.1, 0.15) is 24.2 Å². The number of anilines is 2. The zero-order valence-electron chi connectivity index (χ0n) is 13.9. The second kappa shape index (κ2) is 6.84. The maximum Gasteiger partial charge on any atom is 0.270 e. The summed E-state index contributed by atoms with van der Waals surface area (Å²) < 4.78 is 6.65. The van der Waals surface area contributed by atoms with Gasteiger partial charge in [0, 0.05) is 10.0 Å². The van der Waals surface area contributed by atoms with Gasteiger partial charge in [0.15, 0.2) is 23.5 Å². The van der Waals surface area contributed by atoms with E-state index in [0.29, 0.717) is 11.3 Å². The number of rotatable bonds is 4. The normalized spacial score (nSPS) is 16.6. The molecule has 3 rings (SSSR count). The Morgan fingerprint density at radius 3 is 2.60 bits per heavy atom. The molecule has 2 aromatic rings. The zero-order valence-corrected chi connectivity index (χ0v) is 15.5. The largest absolute Gasteiger partial charge is 0.476 e. The van der Waals surface area contributed by atoms with Gasteiger partial charge < -0.3 is 10.5 Å². The molecule has 1 amide bonds. The van der Waals surface area contributed by atoms with E-state index in [1.54, 1.807) is 36.4 Å². The number of hydrogen-bond acceptors (Lipinski definition) is 5. The smallest absolute Gasteiger partial charge is 0.270 e. The number of carbonyl (C=O) groups is 2. The number of Topliss-reactive ketones (excluding diaryl/α,β-unsaturated/α-hetero) is 1. The quantitative estimate of drug-likeness (QED) is 0.792. The van der Waals surface area contributed by atoms with Gasteiger partial charge in [-0.15, -0.1) is 0 Å². The Hall–Kier alpha value is -2.41. The molecule has 0 spiro atoms. The van der Waals surface area contributed by atoms with E-state index in [1.165, 1.54) is 4.90 Å². The molecule has 0 bridgehead atoms. The average Bonchev–Trinajstić information content (AvgIpc) is 2.57. The highest BCUT2D eigenvalue weighted by molar-refractivity contribution is 9.10. The molecule has 2 heterocycles. The molecule has 0 fully saturated rings. The van der Waals surface area contributed by atoms with E-state index in [-0.39, 0.29) is 35.8 Å². The lowest BCUT2D eigenvalue weighted by Gasteiger charge is -2.34. The van der Waals surface area contributed by atoms with E-state index in [1.807, 2.05) is 13.8 Å². The van der Waals surface area contributed by atoms with Gasteiger partial charge in [-0.05, 0) is 30.2 Å². The van der Waals surface area contributed by atoms with Gasteiger partial charge in [0.2, 0.25) is 0 Å². The lowest BCUT2D eigenvalue weighted by Crippen LogP contribution is -2.50. The Morgan fingerprint density at radius 1 is 1.28 bits per heavy atom. The topological polar surface area (TPSA) is 85.5 Å². The molecule has 1 aliphatic heterocycles. The number of benzene rings is 1. The Balaban J connectivity index is 1.95. The Kier molecular flexibility index (Phi) is 4.76. The van der Waals surface area contributed by atoms with Crippen LogP contribution in [0.5, 0.6) is 5.75 Å². The molecule has 0 saturated carbocycles. The van der Waals surface area contributed by atoms with Gasteiger partial charge in [-0.1, -0.05) is 41.9 Å². The van der Waals surface area contributed by atoms with Crippen molar-refractivity contribution in [3.63, 3.8) is 0 Å². The molecular formula is C18H18BrN3O3. The van der Waals surface area contributed by atoms with E-state index in [9.17, 15) is 9.59 Å². The standard InChI is InChI=1S/C18H18BrN3O3/c1-10(2)16-18(24)22(17-14(25-16)7-8-15(20)21-17)9-13(23)11-3-5-12(19)6-4-11/h3-8,10,16H,9H2,1-2H3,(H2,20,21). The number of fused-ring (bicyclic) bond motifs is 1. The molecule has 1 aromatic heterocycles. The van der Waals surface area contributed by atoms with Gasteiger partial charge in [0.05, 0.1) is 6.54 Å². The van der Waals surface area contributed by atoms with Gasteiger partial charge >= 0.3 is 0 Å². The van der Waals surface area contributed by atoms with E-state index in [0.717, 1.165) is 4.47 Å². The van der Waals surface area contributed by atoms with Crippen LogP contribution in [0.3, 0.4) is 0 Å². The number of carbonyl (C=O) groups excluding carboxylic acids is 2. The van der Waals surface area contributed by atoms with Crippen molar-refractivity contribution in [2.24, 2.45) is 5.92 Å². The number of aromatic nitrogens is 1. The summed E-state index contributed by atoms with van der Waals surface area (Å²) in [6.45, 7) is 3.68. The molecule has 0 saturated heterocycles. The number of nitrogens with zero attached hydrogens (tertiary/aromatic N) is 2. The minimum absolute atomic E-state index is 0.0384. The van der Waals surface area contributed by atoms with Crippen LogP contribution in [-0.2, 0) is 4.79 Å². The third-order valence-corrected chi connectivity index (χ3v) is 4.48. The number of halogens is 1. The number of nitrogens with two attached hydrogens (primary N) is 1. The summed E-state index contributed by atoms with van der Waals surface area (Å²) in [5, 5.41) is 0. The molecule has 130 valence electrons. The van der Waals surface area contributed by atoms with Crippen LogP contribution in [-0.4, -0.2) is 29.3 Å². The number of ketones is 1. The molecule has 7 heteroatoms. The molecular weight excluding hydrogens is 386 g/mol. The molecule has 0 aliphatic carbocycles. The Labute approximate surface area is 154 Å². The first-order valence-corrected chi connectivity index (χ1v) is 8.69. The summed E-state index contributed by atoms with van der Waals surface area (Å²) in [6.07, 6.45) is -0.657. The summed E-state index contributed by atoms with van der Waals surface area (Å²) in [4.78, 5) is 31.0. The first-order valence-electron chi connectivity index (χ1n) is 7.90. The molecule has 1 aromatic carbocycles. The highest BCUT2D eigenvalue weighted by Crippen LogP contribution is 2.34. The monoisotopic (exact) mass is 403 g/mol. The fourth-order valence-electron chi connectivity index (χ4n) is 2.63. The summed E-state index contributed by atoms with van der Waals surface area (Å²) in [5.74, 6) is 0.498. The summed E-state index contributed by atoms with van der Waals surface area (Å²) >= 11 is 3.34. The highest BCUT2D eigenvalue weighted by atomic mass is 79.9. The number of ether oxygens (including phenoxy) is 1. The molecule has 1 atom stereocenters. The van der Waals surface area contributed by atoms with Gasteiger partial charge in [-0.2, -0.15) is 0 Å². The molecule has 2 N–H and O–H groups in total. The van der Waals surface area contributed by atoms with Crippen LogP contribution in [0.15, 0.2) is 40.9 Å². The predicted molar refractivity (Wildman–Crippen MR) is 98.7 cm³/mol. The maximum atomic E-state index is 12.8. The van der Waals surface area contributed by atoms with Gasteiger partial charge in [-0.25, -0.2) is 4.98 Å². The Morgan fingerprint density at radius 2 is 1.96 bits per heavy atom. The summed E-state index contributed by atoms with van der Waals surface area (Å²) in [7, 11) is 0. The van der Waals surface area contributed by atoms with Crippen molar-refractivity contribution >= 4 is 39.3 Å². The molecule has 0 radical (unpaired) electrons. The van der Waals surface area contributed by atoms with Crippen molar-refractivity contribution in [2.75, 3.05) is 17.2 Å². The third kappa shape index (κ3) is 3.51. The predicted octanol–water partition coefficient (Wildman–Crippen LogP) is 3.06. The van der Waals surface area contributed by atoms with Crippen molar-refractivity contribution < 1.29 is 14.3 Å². The molecule has 1 unspecified atom stereocenters. The molecule has 25 heavy (non-hydrogen) atoms. The van der Waals surface area contributed by atoms with E-state index in [2.05, 4.69) is 20.9 Å². The van der Waals surface area contributed by atoms with Crippen LogP contribution in [0.25, 0.3) is 0 Å². The van der Waals surface area contributed by atoms with Crippen LogP contribution in [0.4, 0.5) is 11.6 Å². The van der Waals surface area contributed by atoms with Crippen molar-refractivity contribution in [3.05, 3.63) is 46.4 Å². The summed E-state index contributed by atoms with van der Waals surface area (Å²) in [6, 6.07) is 10.3. The van der Waals surface area contributed by atoms with Crippen molar-refractivity contribution in [1.29, 1.82) is 0 Å². The van der Waals surface area contributed by atoms with Crippen molar-refractivity contribution in [2.45, 2.75) is 20.0 Å². The van der Waals surface area contributed by atoms with Crippen LogP contribution in [0, 0.1) is 5.92 Å². The zero-order chi connectivity index (χ0) is 18.1. The van der Waals surface area contributed by atoms with Crippen LogP contribution >= 0.6 is 15.9 Å². The van der Waals surface area contributed by atoms with Crippen molar-refractivity contribution in [3.8, 4) is 5.75 Å². The lowest BCUT2D eigenvalue weighted by molar-refractivity contribution is -0.128. The van der Waals surface area contributed by atoms with E-state index < -0.39 is 6.10 Å². The fraction of sp³-hybridized carbons (Fsp3) is 0.278. The van der Waals surface area contributed by atoms with E-state index >= 15 is 0 Å². The SMILES string of the molecule is CC(C)C1Oc2ccc(N)nc2N(CC(=O)c2ccc(Br)cc2)C1=O. The van der Waals surface area contributed by atoms with Gasteiger partial charge in [-0.3, -0.25) is 14.5 Å². The second-order valence-corrected chi connectivity index (χ2v) is 7.11. The van der Waals surface area contributed by atoms with Crippen LogP contribution < -0.4 is 15.4 Å². The molecule has 6 nitrogen and oxygen atoms in total. The Bertz CT molecular complexity index is 821. The first kappa shape index (κ1) is 17.4. The first-order chi connectivity index (χ1) is 11.9. The number of hydrogen-bond donors (Lipinski definition) is 1. The lowest BCUT2D eigenvalue weighted by atomic mass is 10.0. The number of nitrogen functional groups attached to an aromatic ring is 1. The maximum absolute atomic E-state index is 12.8. The van der Waals surface area contributed by atoms with Crippen LogP contribution in [0.2, 0.25) is 0 Å². The minimum Gasteiger partial charge on any atom is -0.476 e. The van der Waals surface area contributed by atoms with Gasteiger partial charge in [0.1, 0.15) is 5.82 Å². The van der Waals surface area contributed by atoms with E-state index in [4.69, 9.17) is 10.5 Å². The number of amides is 1. The second-order valence-electron chi connectivity index (χ2n) is 6.19. The highest BCUT2D eigenvalue weighted by Gasteiger charge is 2.38.